The highest BCUT2D eigenvalue weighted by molar-refractivity contribution is 6.00. The molecule has 2 aromatic carbocycles. The number of nitrogens with zero attached hydrogens (tertiary/aromatic N) is 1. The summed E-state index contributed by atoms with van der Waals surface area (Å²) >= 11 is 0. The molecule has 1 heterocycles. The standard InChI is InChI=1S/C21H22N2O5/c1-2-27-18-10-8-17(9-11-18)23-13-15(12-20(23)25)21(26)28-14-19(24)22-16-6-4-3-5-7-16/h3-11,15H,2,12-14H2,1H3,(H,22,24)/t15-/m1/s1. The van der Waals surface area contributed by atoms with Gasteiger partial charge in [0.15, 0.2) is 6.61 Å². The van der Waals surface area contributed by atoms with Crippen LogP contribution in [0, 0.1) is 5.92 Å². The van der Waals surface area contributed by atoms with Gasteiger partial charge in [0, 0.05) is 24.3 Å². The molecule has 1 saturated heterocycles. The minimum atomic E-state index is -0.594. The number of rotatable bonds is 7. The molecule has 2 amide bonds. The largest absolute Gasteiger partial charge is 0.494 e. The summed E-state index contributed by atoms with van der Waals surface area (Å²) in [6.45, 7) is 2.30. The van der Waals surface area contributed by atoms with E-state index in [2.05, 4.69) is 5.32 Å². The lowest BCUT2D eigenvalue weighted by molar-refractivity contribution is -0.151. The molecule has 0 radical (unpaired) electrons. The average Bonchev–Trinajstić information content (AvgIpc) is 3.09. The summed E-state index contributed by atoms with van der Waals surface area (Å²) in [6.07, 6.45) is 0.0619. The summed E-state index contributed by atoms with van der Waals surface area (Å²) in [7, 11) is 0. The van der Waals surface area contributed by atoms with Crippen molar-refractivity contribution in [3.8, 4) is 5.75 Å². The lowest BCUT2D eigenvalue weighted by Crippen LogP contribution is -2.28. The van der Waals surface area contributed by atoms with Crippen molar-refractivity contribution < 1.29 is 23.9 Å². The van der Waals surface area contributed by atoms with E-state index in [0.717, 1.165) is 5.75 Å². The molecule has 1 fully saturated rings. The topological polar surface area (TPSA) is 84.9 Å². The fraction of sp³-hybridized carbons (Fsp3) is 0.286. The Morgan fingerprint density at radius 3 is 2.50 bits per heavy atom. The van der Waals surface area contributed by atoms with Crippen LogP contribution >= 0.6 is 0 Å². The number of hydrogen-bond donors (Lipinski definition) is 1. The second-order valence-corrected chi connectivity index (χ2v) is 6.35. The summed E-state index contributed by atoms with van der Waals surface area (Å²) in [5.74, 6) is -1.00. The molecule has 0 bridgehead atoms. The SMILES string of the molecule is CCOc1ccc(N2C[C@H](C(=O)OCC(=O)Nc3ccccc3)CC2=O)cc1. The van der Waals surface area contributed by atoms with Gasteiger partial charge in [-0.2, -0.15) is 0 Å². The van der Waals surface area contributed by atoms with Crippen molar-refractivity contribution in [3.05, 3.63) is 54.6 Å². The molecule has 28 heavy (non-hydrogen) atoms. The van der Waals surface area contributed by atoms with Gasteiger partial charge in [-0.15, -0.1) is 0 Å². The van der Waals surface area contributed by atoms with Gasteiger partial charge >= 0.3 is 5.97 Å². The molecule has 1 atom stereocenters. The zero-order valence-electron chi connectivity index (χ0n) is 15.6. The van der Waals surface area contributed by atoms with Crippen molar-refractivity contribution in [2.45, 2.75) is 13.3 Å². The van der Waals surface area contributed by atoms with Crippen LogP contribution in [0.4, 0.5) is 11.4 Å². The normalized spacial score (nSPS) is 16.0. The van der Waals surface area contributed by atoms with E-state index < -0.39 is 17.8 Å². The summed E-state index contributed by atoms with van der Waals surface area (Å²) in [5.41, 5.74) is 1.33. The predicted octanol–water partition coefficient (Wildman–Crippen LogP) is 2.62. The molecule has 3 rings (SSSR count). The van der Waals surface area contributed by atoms with Crippen LogP contribution in [0.3, 0.4) is 0 Å². The Bertz CT molecular complexity index is 836. The van der Waals surface area contributed by atoms with E-state index in [1.54, 1.807) is 53.4 Å². The number of carbonyl (C=O) groups excluding carboxylic acids is 3. The van der Waals surface area contributed by atoms with Gasteiger partial charge in [-0.1, -0.05) is 18.2 Å². The molecule has 1 aliphatic rings. The third-order valence-electron chi connectivity index (χ3n) is 4.32. The van der Waals surface area contributed by atoms with E-state index in [1.807, 2.05) is 13.0 Å². The highest BCUT2D eigenvalue weighted by Gasteiger charge is 2.36. The molecule has 0 aliphatic carbocycles. The Morgan fingerprint density at radius 2 is 1.82 bits per heavy atom. The molecule has 0 saturated carbocycles. The third kappa shape index (κ3) is 4.88. The van der Waals surface area contributed by atoms with Gasteiger partial charge in [-0.3, -0.25) is 14.4 Å². The average molecular weight is 382 g/mol. The van der Waals surface area contributed by atoms with Gasteiger partial charge in [0.2, 0.25) is 5.91 Å². The molecule has 146 valence electrons. The Balaban J connectivity index is 1.51. The minimum absolute atomic E-state index is 0.0619. The summed E-state index contributed by atoms with van der Waals surface area (Å²) in [4.78, 5) is 38.0. The van der Waals surface area contributed by atoms with E-state index in [-0.39, 0.29) is 25.5 Å². The van der Waals surface area contributed by atoms with Crippen molar-refractivity contribution in [1.29, 1.82) is 0 Å². The van der Waals surface area contributed by atoms with Crippen LogP contribution in [0.25, 0.3) is 0 Å². The Hall–Kier alpha value is -3.35. The molecule has 0 unspecified atom stereocenters. The predicted molar refractivity (Wildman–Crippen MR) is 104 cm³/mol. The highest BCUT2D eigenvalue weighted by Crippen LogP contribution is 2.27. The zero-order chi connectivity index (χ0) is 19.9. The lowest BCUT2D eigenvalue weighted by Gasteiger charge is -2.17. The second kappa shape index (κ2) is 9.03. The molecule has 0 aromatic heterocycles. The maximum atomic E-state index is 12.3. The molecule has 2 aromatic rings. The van der Waals surface area contributed by atoms with E-state index in [9.17, 15) is 14.4 Å². The van der Waals surface area contributed by atoms with Crippen molar-refractivity contribution in [3.63, 3.8) is 0 Å². The smallest absolute Gasteiger partial charge is 0.311 e. The fourth-order valence-corrected chi connectivity index (χ4v) is 2.98. The Morgan fingerprint density at radius 1 is 1.11 bits per heavy atom. The van der Waals surface area contributed by atoms with Crippen molar-refractivity contribution >= 4 is 29.2 Å². The number of benzene rings is 2. The molecular weight excluding hydrogens is 360 g/mol. The van der Waals surface area contributed by atoms with E-state index >= 15 is 0 Å². The number of amides is 2. The van der Waals surface area contributed by atoms with Crippen LogP contribution in [0.2, 0.25) is 0 Å². The molecule has 1 N–H and O–H groups in total. The number of carbonyl (C=O) groups is 3. The first kappa shape index (κ1) is 19.4. The monoisotopic (exact) mass is 382 g/mol. The maximum Gasteiger partial charge on any atom is 0.311 e. The molecule has 1 aliphatic heterocycles. The summed E-state index contributed by atoms with van der Waals surface area (Å²) in [6, 6.07) is 16.0. The first-order chi connectivity index (χ1) is 13.6. The summed E-state index contributed by atoms with van der Waals surface area (Å²) in [5, 5.41) is 2.64. The zero-order valence-corrected chi connectivity index (χ0v) is 15.6. The number of ether oxygens (including phenoxy) is 2. The van der Waals surface area contributed by atoms with Crippen LogP contribution in [-0.2, 0) is 19.1 Å². The number of nitrogens with one attached hydrogen (secondary N) is 1. The van der Waals surface area contributed by atoms with Gasteiger partial charge in [0.25, 0.3) is 5.91 Å². The molecule has 7 nitrogen and oxygen atoms in total. The van der Waals surface area contributed by atoms with Crippen molar-refractivity contribution in [1.82, 2.24) is 0 Å². The van der Waals surface area contributed by atoms with Gasteiger partial charge in [0.05, 0.1) is 12.5 Å². The van der Waals surface area contributed by atoms with Gasteiger partial charge in [-0.05, 0) is 43.3 Å². The molecular formula is C21H22N2O5. The van der Waals surface area contributed by atoms with E-state index in [4.69, 9.17) is 9.47 Å². The Kier molecular flexibility index (Phi) is 6.26. The maximum absolute atomic E-state index is 12.3. The quantitative estimate of drug-likeness (QED) is 0.744. The van der Waals surface area contributed by atoms with E-state index in [0.29, 0.717) is 18.0 Å². The number of hydrogen-bond acceptors (Lipinski definition) is 5. The molecule has 0 spiro atoms. The highest BCUT2D eigenvalue weighted by atomic mass is 16.5. The van der Waals surface area contributed by atoms with Crippen molar-refractivity contribution in [2.75, 3.05) is 30.0 Å². The van der Waals surface area contributed by atoms with Crippen molar-refractivity contribution in [2.24, 2.45) is 5.92 Å². The summed E-state index contributed by atoms with van der Waals surface area (Å²) < 4.78 is 10.5. The van der Waals surface area contributed by atoms with Crippen LogP contribution in [0.15, 0.2) is 54.6 Å². The van der Waals surface area contributed by atoms with Crippen LogP contribution < -0.4 is 15.0 Å². The van der Waals surface area contributed by atoms with Crippen LogP contribution in [0.5, 0.6) is 5.75 Å². The van der Waals surface area contributed by atoms with Gasteiger partial charge < -0.3 is 19.7 Å². The number of para-hydroxylation sites is 1. The lowest BCUT2D eigenvalue weighted by atomic mass is 10.1. The third-order valence-corrected chi connectivity index (χ3v) is 4.32. The molecule has 7 heteroatoms. The van der Waals surface area contributed by atoms with Crippen LogP contribution in [0.1, 0.15) is 13.3 Å². The Labute approximate surface area is 163 Å². The number of anilines is 2. The first-order valence-electron chi connectivity index (χ1n) is 9.11. The second-order valence-electron chi connectivity index (χ2n) is 6.35. The first-order valence-corrected chi connectivity index (χ1v) is 9.11. The number of esters is 1. The van der Waals surface area contributed by atoms with E-state index in [1.165, 1.54) is 0 Å². The van der Waals surface area contributed by atoms with Crippen LogP contribution in [-0.4, -0.2) is 37.5 Å². The fourth-order valence-electron chi connectivity index (χ4n) is 2.98. The van der Waals surface area contributed by atoms with Gasteiger partial charge in [0.1, 0.15) is 5.75 Å². The van der Waals surface area contributed by atoms with Gasteiger partial charge in [-0.25, -0.2) is 0 Å². The minimum Gasteiger partial charge on any atom is -0.494 e.